The number of nitrogens with one attached hydrogen (secondary N) is 1. The van der Waals surface area contributed by atoms with E-state index in [9.17, 15) is 13.6 Å². The van der Waals surface area contributed by atoms with Gasteiger partial charge in [0.2, 0.25) is 5.91 Å². The van der Waals surface area contributed by atoms with Gasteiger partial charge in [-0.15, -0.1) is 0 Å². The van der Waals surface area contributed by atoms with Crippen LogP contribution in [0.25, 0.3) is 10.9 Å². The van der Waals surface area contributed by atoms with Crippen LogP contribution < -0.4 is 5.32 Å². The van der Waals surface area contributed by atoms with Crippen LogP contribution in [0.15, 0.2) is 79.0 Å². The summed E-state index contributed by atoms with van der Waals surface area (Å²) in [5, 5.41) is 4.01. The smallest absolute Gasteiger partial charge is 0.221 e. The van der Waals surface area contributed by atoms with Gasteiger partial charge < -0.3 is 9.88 Å². The van der Waals surface area contributed by atoms with E-state index in [1.54, 1.807) is 24.3 Å². The summed E-state index contributed by atoms with van der Waals surface area (Å²) in [7, 11) is 0. The Morgan fingerprint density at radius 2 is 1.58 bits per heavy atom. The van der Waals surface area contributed by atoms with Gasteiger partial charge in [-0.2, -0.15) is 0 Å². The predicted octanol–water partition coefficient (Wildman–Crippen LogP) is 5.78. The summed E-state index contributed by atoms with van der Waals surface area (Å²) in [6, 6.07) is 20.5. The molecule has 3 nitrogen and oxygen atoms in total. The Labute approximate surface area is 180 Å². The number of para-hydroxylation sites is 1. The lowest BCUT2D eigenvalue weighted by atomic mass is 9.88. The number of carbonyl (C=O) groups is 1. The normalized spacial score (nSPS) is 12.1. The molecule has 0 aliphatic carbocycles. The molecule has 5 heteroatoms. The zero-order valence-electron chi connectivity index (χ0n) is 17.3. The van der Waals surface area contributed by atoms with Crippen LogP contribution in [0, 0.1) is 11.6 Å². The highest BCUT2D eigenvalue weighted by atomic mass is 19.1. The van der Waals surface area contributed by atoms with E-state index in [0.29, 0.717) is 6.54 Å². The number of hydrogen-bond acceptors (Lipinski definition) is 1. The lowest BCUT2D eigenvalue weighted by molar-refractivity contribution is -0.121. The predicted molar refractivity (Wildman–Crippen MR) is 119 cm³/mol. The average molecular weight is 418 g/mol. The summed E-state index contributed by atoms with van der Waals surface area (Å²) in [5.74, 6) is -0.948. The first-order chi connectivity index (χ1) is 15.0. The van der Waals surface area contributed by atoms with Crippen molar-refractivity contribution in [2.24, 2.45) is 0 Å². The van der Waals surface area contributed by atoms with Crippen LogP contribution in [0.1, 0.15) is 36.0 Å². The zero-order valence-corrected chi connectivity index (χ0v) is 17.3. The molecule has 1 atom stereocenters. The Morgan fingerprint density at radius 1 is 0.935 bits per heavy atom. The number of rotatable bonds is 7. The highest BCUT2D eigenvalue weighted by molar-refractivity contribution is 5.86. The Morgan fingerprint density at radius 3 is 2.26 bits per heavy atom. The van der Waals surface area contributed by atoms with Crippen molar-refractivity contribution < 1.29 is 13.6 Å². The van der Waals surface area contributed by atoms with E-state index in [-0.39, 0.29) is 29.9 Å². The van der Waals surface area contributed by atoms with Crippen LogP contribution in [0.4, 0.5) is 8.78 Å². The molecule has 0 unspecified atom stereocenters. The van der Waals surface area contributed by atoms with Gasteiger partial charge >= 0.3 is 0 Å². The van der Waals surface area contributed by atoms with Crippen molar-refractivity contribution in [3.63, 3.8) is 0 Å². The highest BCUT2D eigenvalue weighted by Crippen LogP contribution is 2.35. The molecule has 0 radical (unpaired) electrons. The fourth-order valence-corrected chi connectivity index (χ4v) is 3.98. The van der Waals surface area contributed by atoms with Crippen LogP contribution in [-0.2, 0) is 17.9 Å². The van der Waals surface area contributed by atoms with E-state index < -0.39 is 0 Å². The lowest BCUT2D eigenvalue weighted by Crippen LogP contribution is -2.25. The Balaban J connectivity index is 1.63. The number of fused-ring (bicyclic) bond motifs is 1. The summed E-state index contributed by atoms with van der Waals surface area (Å²) in [4.78, 5) is 12.9. The zero-order chi connectivity index (χ0) is 21.8. The molecule has 1 amide bonds. The Hall–Kier alpha value is -3.47. The van der Waals surface area contributed by atoms with Crippen molar-refractivity contribution in [3.05, 3.63) is 107 Å². The molecule has 31 heavy (non-hydrogen) atoms. The maximum absolute atomic E-state index is 13.6. The molecule has 158 valence electrons. The minimum Gasteiger partial charge on any atom is -0.352 e. The molecule has 0 saturated heterocycles. The number of amides is 1. The van der Waals surface area contributed by atoms with Gasteiger partial charge in [-0.3, -0.25) is 4.79 Å². The molecule has 1 heterocycles. The van der Waals surface area contributed by atoms with Crippen LogP contribution in [-0.4, -0.2) is 10.5 Å². The van der Waals surface area contributed by atoms with E-state index in [2.05, 4.69) is 35.1 Å². The molecule has 0 spiro atoms. The van der Waals surface area contributed by atoms with Crippen LogP contribution in [0.5, 0.6) is 0 Å². The van der Waals surface area contributed by atoms with Gasteiger partial charge in [0.25, 0.3) is 0 Å². The molecule has 4 rings (SSSR count). The third kappa shape index (κ3) is 4.66. The molecule has 0 saturated carbocycles. The summed E-state index contributed by atoms with van der Waals surface area (Å²) in [6.07, 6.45) is 2.32. The van der Waals surface area contributed by atoms with Gasteiger partial charge in [0, 0.05) is 42.5 Å². The molecular formula is C26H24F2N2O. The number of carbonyl (C=O) groups excluding carboxylic acids is 1. The fourth-order valence-electron chi connectivity index (χ4n) is 3.98. The van der Waals surface area contributed by atoms with Gasteiger partial charge in [-0.25, -0.2) is 8.78 Å². The van der Waals surface area contributed by atoms with Gasteiger partial charge in [0.05, 0.1) is 0 Å². The first-order valence-corrected chi connectivity index (χ1v) is 10.4. The van der Waals surface area contributed by atoms with E-state index in [4.69, 9.17) is 0 Å². The molecule has 0 fully saturated rings. The minimum absolute atomic E-state index is 0.119. The molecule has 3 aromatic carbocycles. The quantitative estimate of drug-likeness (QED) is 0.406. The van der Waals surface area contributed by atoms with E-state index >= 15 is 0 Å². The van der Waals surface area contributed by atoms with Crippen LogP contribution in [0.2, 0.25) is 0 Å². The molecule has 0 aliphatic rings. The van der Waals surface area contributed by atoms with E-state index in [1.807, 2.05) is 12.1 Å². The summed E-state index contributed by atoms with van der Waals surface area (Å²) < 4.78 is 28.8. The number of aryl methyl sites for hydroxylation is 1. The minimum atomic E-state index is -0.307. The molecule has 1 N–H and O–H groups in total. The van der Waals surface area contributed by atoms with Gasteiger partial charge in [-0.1, -0.05) is 42.5 Å². The van der Waals surface area contributed by atoms with Gasteiger partial charge in [0.15, 0.2) is 0 Å². The van der Waals surface area contributed by atoms with Crippen molar-refractivity contribution >= 4 is 16.8 Å². The van der Waals surface area contributed by atoms with Crippen molar-refractivity contribution in [3.8, 4) is 0 Å². The van der Waals surface area contributed by atoms with E-state index in [0.717, 1.165) is 34.1 Å². The first-order valence-electron chi connectivity index (χ1n) is 10.4. The van der Waals surface area contributed by atoms with Crippen molar-refractivity contribution in [2.75, 3.05) is 0 Å². The molecule has 1 aromatic heterocycles. The number of hydrogen-bond donors (Lipinski definition) is 1. The monoisotopic (exact) mass is 418 g/mol. The Bertz CT molecular complexity index is 1180. The fraction of sp³-hybridized carbons (Fsp3) is 0.192. The van der Waals surface area contributed by atoms with Gasteiger partial charge in [0.1, 0.15) is 11.6 Å². The van der Waals surface area contributed by atoms with Crippen molar-refractivity contribution in [1.82, 2.24) is 9.88 Å². The Kier molecular flexibility index (Phi) is 6.12. The number of aromatic nitrogens is 1. The third-order valence-corrected chi connectivity index (χ3v) is 5.60. The van der Waals surface area contributed by atoms with Crippen molar-refractivity contribution in [1.29, 1.82) is 0 Å². The molecule has 4 aromatic rings. The van der Waals surface area contributed by atoms with E-state index in [1.165, 1.54) is 24.3 Å². The summed E-state index contributed by atoms with van der Waals surface area (Å²) in [5.41, 5.74) is 3.87. The standard InChI is InChI=1S/C26H24F2N2O/c1-2-30-17-24(22-5-3-4-6-25(22)30)23(19-9-13-21(28)14-10-19)15-26(31)29-16-18-7-11-20(27)12-8-18/h3-14,17,23H,2,15-16H2,1H3,(H,29,31)/t23-/m0/s1. The second-order valence-electron chi connectivity index (χ2n) is 7.60. The third-order valence-electron chi connectivity index (χ3n) is 5.60. The van der Waals surface area contributed by atoms with Crippen LogP contribution >= 0.6 is 0 Å². The maximum atomic E-state index is 13.6. The largest absolute Gasteiger partial charge is 0.352 e. The first kappa shape index (κ1) is 20.8. The van der Waals surface area contributed by atoms with Gasteiger partial charge in [-0.05, 0) is 53.9 Å². The second-order valence-corrected chi connectivity index (χ2v) is 7.60. The highest BCUT2D eigenvalue weighted by Gasteiger charge is 2.22. The second kappa shape index (κ2) is 9.13. The molecule has 0 aliphatic heterocycles. The SMILES string of the molecule is CCn1cc([C@@H](CC(=O)NCc2ccc(F)cc2)c2ccc(F)cc2)c2ccccc21. The topological polar surface area (TPSA) is 34.0 Å². The summed E-state index contributed by atoms with van der Waals surface area (Å²) >= 11 is 0. The van der Waals surface area contributed by atoms with Crippen LogP contribution in [0.3, 0.4) is 0 Å². The summed E-state index contributed by atoms with van der Waals surface area (Å²) in [6.45, 7) is 3.22. The molecule has 0 bridgehead atoms. The number of nitrogens with zero attached hydrogens (tertiary/aromatic N) is 1. The number of benzene rings is 3. The lowest BCUT2D eigenvalue weighted by Gasteiger charge is -2.17. The molecular weight excluding hydrogens is 394 g/mol. The van der Waals surface area contributed by atoms with Crippen molar-refractivity contribution in [2.45, 2.75) is 32.4 Å². The maximum Gasteiger partial charge on any atom is 0.221 e. The average Bonchev–Trinajstić information content (AvgIpc) is 3.16. The number of halogens is 2.